The van der Waals surface area contributed by atoms with Gasteiger partial charge in [-0.25, -0.2) is 14.1 Å². The van der Waals surface area contributed by atoms with Crippen LogP contribution in [0.4, 0.5) is 9.52 Å². The number of anilines is 1. The molecule has 0 aliphatic carbocycles. The molecule has 0 bridgehead atoms. The van der Waals surface area contributed by atoms with Gasteiger partial charge < -0.3 is 0 Å². The molecule has 30 heavy (non-hydrogen) atoms. The van der Waals surface area contributed by atoms with Gasteiger partial charge in [0.2, 0.25) is 0 Å². The highest BCUT2D eigenvalue weighted by Gasteiger charge is 2.19. The number of amides is 1. The minimum atomic E-state index is -0.396. The molecule has 2 aromatic heterocycles. The van der Waals surface area contributed by atoms with E-state index in [0.29, 0.717) is 28.0 Å². The standard InChI is InChI=1S/C21H17ClFN5OS/c1-12-18(11-14-3-5-15(22)6-4-14)30-21(24-12)25-20(29)19-13(2)28(27-26-19)17-9-7-16(23)8-10-17/h3-10H,11H2,1-2H3,(H,24,25,29). The second-order valence-corrected chi connectivity index (χ2v) is 8.22. The van der Waals surface area contributed by atoms with Crippen molar-refractivity contribution >= 4 is 34.0 Å². The van der Waals surface area contributed by atoms with Gasteiger partial charge in [0, 0.05) is 16.3 Å². The van der Waals surface area contributed by atoms with Gasteiger partial charge in [-0.15, -0.1) is 16.4 Å². The van der Waals surface area contributed by atoms with E-state index in [-0.39, 0.29) is 11.5 Å². The Hall–Kier alpha value is -3.10. The van der Waals surface area contributed by atoms with Crippen LogP contribution in [-0.4, -0.2) is 25.9 Å². The van der Waals surface area contributed by atoms with Gasteiger partial charge in [0.15, 0.2) is 10.8 Å². The van der Waals surface area contributed by atoms with Crippen LogP contribution >= 0.6 is 22.9 Å². The molecule has 9 heteroatoms. The minimum absolute atomic E-state index is 0.187. The van der Waals surface area contributed by atoms with Crippen molar-refractivity contribution in [3.05, 3.63) is 86.9 Å². The van der Waals surface area contributed by atoms with E-state index in [1.165, 1.54) is 28.2 Å². The van der Waals surface area contributed by atoms with Crippen LogP contribution in [-0.2, 0) is 6.42 Å². The highest BCUT2D eigenvalue weighted by atomic mass is 35.5. The van der Waals surface area contributed by atoms with Gasteiger partial charge in [-0.05, 0) is 55.8 Å². The molecule has 4 rings (SSSR count). The van der Waals surface area contributed by atoms with Gasteiger partial charge in [0.25, 0.3) is 5.91 Å². The third-order valence-corrected chi connectivity index (χ3v) is 5.90. The summed E-state index contributed by atoms with van der Waals surface area (Å²) in [6.07, 6.45) is 0.705. The SMILES string of the molecule is Cc1nc(NC(=O)c2nnn(-c3ccc(F)cc3)c2C)sc1Cc1ccc(Cl)cc1. The smallest absolute Gasteiger partial charge is 0.279 e. The van der Waals surface area contributed by atoms with Crippen LogP contribution in [0.2, 0.25) is 5.02 Å². The van der Waals surface area contributed by atoms with Crippen molar-refractivity contribution in [2.75, 3.05) is 5.32 Å². The van der Waals surface area contributed by atoms with Crippen molar-refractivity contribution in [3.63, 3.8) is 0 Å². The fourth-order valence-corrected chi connectivity index (χ4v) is 4.07. The molecule has 2 aromatic carbocycles. The Morgan fingerprint density at radius 2 is 1.83 bits per heavy atom. The maximum absolute atomic E-state index is 13.1. The first kappa shape index (κ1) is 20.2. The van der Waals surface area contributed by atoms with E-state index in [4.69, 9.17) is 11.6 Å². The summed E-state index contributed by atoms with van der Waals surface area (Å²) in [5, 5.41) is 12.0. The summed E-state index contributed by atoms with van der Waals surface area (Å²) in [4.78, 5) is 18.2. The van der Waals surface area contributed by atoms with E-state index in [0.717, 1.165) is 16.1 Å². The van der Waals surface area contributed by atoms with Crippen LogP contribution in [0, 0.1) is 19.7 Å². The second-order valence-electron chi connectivity index (χ2n) is 6.70. The molecule has 0 saturated carbocycles. The first-order chi connectivity index (χ1) is 14.4. The number of carbonyl (C=O) groups excluding carboxylic acids is 1. The highest BCUT2D eigenvalue weighted by Crippen LogP contribution is 2.26. The Morgan fingerprint density at radius 3 is 2.53 bits per heavy atom. The van der Waals surface area contributed by atoms with Crippen molar-refractivity contribution in [1.29, 1.82) is 0 Å². The van der Waals surface area contributed by atoms with Gasteiger partial charge in [-0.2, -0.15) is 0 Å². The molecule has 0 aliphatic rings. The average Bonchev–Trinajstić information content (AvgIpc) is 3.26. The molecule has 0 aliphatic heterocycles. The lowest BCUT2D eigenvalue weighted by atomic mass is 10.1. The molecule has 2 heterocycles. The molecule has 1 N–H and O–H groups in total. The molecule has 0 saturated heterocycles. The van der Waals surface area contributed by atoms with Crippen molar-refractivity contribution in [3.8, 4) is 5.69 Å². The van der Waals surface area contributed by atoms with Crippen LogP contribution in [0.3, 0.4) is 0 Å². The van der Waals surface area contributed by atoms with Crippen LogP contribution in [0.25, 0.3) is 5.69 Å². The lowest BCUT2D eigenvalue weighted by Crippen LogP contribution is -2.14. The number of nitrogens with one attached hydrogen (secondary N) is 1. The summed E-state index contributed by atoms with van der Waals surface area (Å²) in [7, 11) is 0. The van der Waals surface area contributed by atoms with E-state index >= 15 is 0 Å². The Morgan fingerprint density at radius 1 is 1.13 bits per heavy atom. The number of halogens is 2. The fraction of sp³-hybridized carbons (Fsp3) is 0.143. The normalized spacial score (nSPS) is 10.9. The number of hydrogen-bond acceptors (Lipinski definition) is 5. The predicted octanol–water partition coefficient (Wildman–Crippen LogP) is 4.98. The Kier molecular flexibility index (Phi) is 5.61. The largest absolute Gasteiger partial charge is 0.296 e. The molecule has 0 fully saturated rings. The van der Waals surface area contributed by atoms with Crippen LogP contribution in [0.1, 0.15) is 32.3 Å². The summed E-state index contributed by atoms with van der Waals surface area (Å²) in [5.74, 6) is -0.740. The van der Waals surface area contributed by atoms with Crippen molar-refractivity contribution in [2.45, 2.75) is 20.3 Å². The van der Waals surface area contributed by atoms with Crippen molar-refractivity contribution in [2.24, 2.45) is 0 Å². The first-order valence-corrected chi connectivity index (χ1v) is 10.3. The zero-order valence-electron chi connectivity index (χ0n) is 16.2. The van der Waals surface area contributed by atoms with Gasteiger partial charge in [0.05, 0.1) is 17.1 Å². The number of rotatable bonds is 5. The third kappa shape index (κ3) is 4.24. The van der Waals surface area contributed by atoms with Crippen LogP contribution in [0.15, 0.2) is 48.5 Å². The summed E-state index contributed by atoms with van der Waals surface area (Å²) in [6, 6.07) is 13.4. The number of benzene rings is 2. The molecular weight excluding hydrogens is 425 g/mol. The number of aryl methyl sites for hydroxylation is 1. The van der Waals surface area contributed by atoms with Crippen LogP contribution in [0.5, 0.6) is 0 Å². The van der Waals surface area contributed by atoms with Crippen molar-refractivity contribution in [1.82, 2.24) is 20.0 Å². The fourth-order valence-electron chi connectivity index (χ4n) is 2.96. The minimum Gasteiger partial charge on any atom is -0.296 e. The average molecular weight is 442 g/mol. The molecule has 0 spiro atoms. The van der Waals surface area contributed by atoms with E-state index < -0.39 is 5.91 Å². The number of nitrogens with zero attached hydrogens (tertiary/aromatic N) is 4. The lowest BCUT2D eigenvalue weighted by Gasteiger charge is -2.03. The van der Waals surface area contributed by atoms with Gasteiger partial charge in [-0.3, -0.25) is 10.1 Å². The van der Waals surface area contributed by atoms with E-state index in [2.05, 4.69) is 20.6 Å². The second kappa shape index (κ2) is 8.33. The summed E-state index contributed by atoms with van der Waals surface area (Å²) < 4.78 is 14.6. The van der Waals surface area contributed by atoms with Gasteiger partial charge >= 0.3 is 0 Å². The van der Waals surface area contributed by atoms with E-state index in [1.807, 2.05) is 31.2 Å². The lowest BCUT2D eigenvalue weighted by molar-refractivity contribution is 0.102. The Bertz CT molecular complexity index is 1200. The third-order valence-electron chi connectivity index (χ3n) is 4.57. The molecule has 1 amide bonds. The molecular formula is C21H17ClFN5OS. The summed E-state index contributed by atoms with van der Waals surface area (Å²) in [6.45, 7) is 3.64. The maximum atomic E-state index is 13.1. The predicted molar refractivity (Wildman–Crippen MR) is 115 cm³/mol. The molecule has 4 aromatic rings. The number of thiazole rings is 1. The summed E-state index contributed by atoms with van der Waals surface area (Å²) in [5.41, 5.74) is 3.33. The van der Waals surface area contributed by atoms with Gasteiger partial charge in [0.1, 0.15) is 5.82 Å². The number of carbonyl (C=O) groups is 1. The molecule has 0 atom stereocenters. The Balaban J connectivity index is 1.50. The molecule has 152 valence electrons. The monoisotopic (exact) mass is 441 g/mol. The quantitative estimate of drug-likeness (QED) is 0.474. The molecule has 6 nitrogen and oxygen atoms in total. The zero-order valence-corrected chi connectivity index (χ0v) is 17.8. The highest BCUT2D eigenvalue weighted by molar-refractivity contribution is 7.15. The van der Waals surface area contributed by atoms with Crippen LogP contribution < -0.4 is 5.32 Å². The van der Waals surface area contributed by atoms with Crippen molar-refractivity contribution < 1.29 is 9.18 Å². The Labute approximate surface area is 181 Å². The number of hydrogen-bond donors (Lipinski definition) is 1. The topological polar surface area (TPSA) is 72.7 Å². The summed E-state index contributed by atoms with van der Waals surface area (Å²) >= 11 is 7.36. The van der Waals surface area contributed by atoms with E-state index in [9.17, 15) is 9.18 Å². The first-order valence-electron chi connectivity index (χ1n) is 9.11. The van der Waals surface area contributed by atoms with Gasteiger partial charge in [-0.1, -0.05) is 28.9 Å². The van der Waals surface area contributed by atoms with E-state index in [1.54, 1.807) is 19.1 Å². The molecule has 0 radical (unpaired) electrons. The number of aromatic nitrogens is 4. The maximum Gasteiger partial charge on any atom is 0.279 e. The molecule has 0 unspecified atom stereocenters. The zero-order chi connectivity index (χ0) is 21.3.